The van der Waals surface area contributed by atoms with E-state index in [9.17, 15) is 4.79 Å². The third kappa shape index (κ3) is 0.827. The van der Waals surface area contributed by atoms with Crippen LogP contribution in [0.4, 0.5) is 0 Å². The first-order valence-corrected chi connectivity index (χ1v) is 3.58. The summed E-state index contributed by atoms with van der Waals surface area (Å²) in [4.78, 5) is 14.8. The van der Waals surface area contributed by atoms with Crippen molar-refractivity contribution in [1.82, 2.24) is 19.4 Å². The van der Waals surface area contributed by atoms with Gasteiger partial charge in [0.2, 0.25) is 0 Å². The first-order chi connectivity index (χ1) is 5.68. The van der Waals surface area contributed by atoms with E-state index in [-0.39, 0.29) is 5.69 Å². The zero-order chi connectivity index (χ0) is 8.72. The number of aryl methyl sites for hydroxylation is 2. The van der Waals surface area contributed by atoms with Crippen LogP contribution in [0.15, 0.2) is 16.9 Å². The highest BCUT2D eigenvalue weighted by Crippen LogP contribution is 1.95. The van der Waals surface area contributed by atoms with Gasteiger partial charge in [-0.05, 0) is 19.1 Å². The molecular weight excluding hydrogens is 156 g/mol. The second-order valence-corrected chi connectivity index (χ2v) is 2.64. The Hall–Kier alpha value is -1.65. The van der Waals surface area contributed by atoms with Gasteiger partial charge in [0.15, 0.2) is 5.65 Å². The van der Waals surface area contributed by atoms with Crippen LogP contribution in [0.25, 0.3) is 5.65 Å². The Labute approximate surface area is 68.2 Å². The second-order valence-electron chi connectivity index (χ2n) is 2.64. The summed E-state index contributed by atoms with van der Waals surface area (Å²) in [5, 5.41) is 4.11. The minimum absolute atomic E-state index is 0.284. The number of nitrogens with zero attached hydrogens (tertiary/aromatic N) is 4. The van der Waals surface area contributed by atoms with Crippen LogP contribution in [0.5, 0.6) is 0 Å². The summed E-state index contributed by atoms with van der Waals surface area (Å²) in [5.74, 6) is 0. The van der Waals surface area contributed by atoms with Gasteiger partial charge in [-0.2, -0.15) is 10.1 Å². The van der Waals surface area contributed by atoms with Crippen LogP contribution in [0.1, 0.15) is 5.69 Å². The largest absolute Gasteiger partial charge is 0.365 e. The van der Waals surface area contributed by atoms with Gasteiger partial charge in [-0.15, -0.1) is 4.63 Å². The van der Waals surface area contributed by atoms with Crippen LogP contribution in [-0.4, -0.2) is 19.4 Å². The van der Waals surface area contributed by atoms with E-state index in [4.69, 9.17) is 0 Å². The maximum Gasteiger partial charge on any atom is 0.365 e. The number of aromatic nitrogens is 4. The molecule has 0 radical (unpaired) electrons. The molecule has 0 atom stereocenters. The van der Waals surface area contributed by atoms with Crippen LogP contribution < -0.4 is 5.69 Å². The maximum atomic E-state index is 11.0. The first kappa shape index (κ1) is 7.02. The molecule has 2 aromatic heterocycles. The molecule has 0 saturated carbocycles. The number of hydrogen-bond donors (Lipinski definition) is 0. The third-order valence-electron chi connectivity index (χ3n) is 1.70. The molecule has 62 valence electrons. The Morgan fingerprint density at radius 2 is 2.17 bits per heavy atom. The third-order valence-corrected chi connectivity index (χ3v) is 1.70. The maximum absolute atomic E-state index is 11.0. The SMILES string of the molecule is Cc1ccc2nc(=O)n(C)n2n1. The van der Waals surface area contributed by atoms with Crippen molar-refractivity contribution >= 4 is 5.65 Å². The van der Waals surface area contributed by atoms with Gasteiger partial charge in [-0.25, -0.2) is 9.48 Å². The normalized spacial score (nSPS) is 10.8. The molecule has 0 unspecified atom stereocenters. The van der Waals surface area contributed by atoms with Gasteiger partial charge < -0.3 is 0 Å². The molecule has 0 aliphatic rings. The van der Waals surface area contributed by atoms with Gasteiger partial charge in [-0.1, -0.05) is 0 Å². The predicted octanol–water partition coefficient (Wildman–Crippen LogP) is -0.264. The Morgan fingerprint density at radius 3 is 2.92 bits per heavy atom. The fraction of sp³-hybridized carbons (Fsp3) is 0.286. The zero-order valence-electron chi connectivity index (χ0n) is 6.85. The monoisotopic (exact) mass is 164 g/mol. The topological polar surface area (TPSA) is 52.2 Å². The molecule has 0 bridgehead atoms. The van der Waals surface area contributed by atoms with Gasteiger partial charge in [0.1, 0.15) is 0 Å². The highest BCUT2D eigenvalue weighted by molar-refractivity contribution is 5.34. The molecule has 2 heterocycles. The highest BCUT2D eigenvalue weighted by atomic mass is 16.2. The lowest BCUT2D eigenvalue weighted by Gasteiger charge is -1.96. The molecule has 2 rings (SSSR count). The van der Waals surface area contributed by atoms with Gasteiger partial charge >= 0.3 is 5.69 Å². The zero-order valence-corrected chi connectivity index (χ0v) is 6.85. The standard InChI is InChI=1S/C7H8N4O/c1-5-3-4-6-8-7(12)10(2)11(6)9-5/h3-4H,1-2H3. The Morgan fingerprint density at radius 1 is 1.42 bits per heavy atom. The average molecular weight is 164 g/mol. The lowest BCUT2D eigenvalue weighted by Crippen LogP contribution is -2.17. The minimum atomic E-state index is -0.284. The van der Waals surface area contributed by atoms with Crippen molar-refractivity contribution < 1.29 is 0 Å². The Kier molecular flexibility index (Phi) is 1.27. The number of rotatable bonds is 0. The van der Waals surface area contributed by atoms with E-state index in [1.165, 1.54) is 9.31 Å². The molecule has 0 amide bonds. The molecular formula is C7H8N4O. The Balaban J connectivity index is 2.98. The molecule has 5 heteroatoms. The molecule has 0 fully saturated rings. The van der Waals surface area contributed by atoms with E-state index >= 15 is 0 Å². The van der Waals surface area contributed by atoms with Crippen molar-refractivity contribution in [2.24, 2.45) is 7.05 Å². The summed E-state index contributed by atoms with van der Waals surface area (Å²) in [7, 11) is 1.63. The highest BCUT2D eigenvalue weighted by Gasteiger charge is 2.01. The smallest absolute Gasteiger partial charge is 0.244 e. The molecule has 5 nitrogen and oxygen atoms in total. The first-order valence-electron chi connectivity index (χ1n) is 3.58. The van der Waals surface area contributed by atoms with E-state index < -0.39 is 0 Å². The quantitative estimate of drug-likeness (QED) is 0.539. The predicted molar refractivity (Wildman–Crippen MR) is 43.0 cm³/mol. The van der Waals surface area contributed by atoms with Gasteiger partial charge in [-0.3, -0.25) is 0 Å². The van der Waals surface area contributed by atoms with Crippen LogP contribution in [0.2, 0.25) is 0 Å². The summed E-state index contributed by atoms with van der Waals surface area (Å²) in [5.41, 5.74) is 1.15. The van der Waals surface area contributed by atoms with Gasteiger partial charge in [0.05, 0.1) is 5.69 Å². The molecule has 0 spiro atoms. The van der Waals surface area contributed by atoms with Crippen LogP contribution >= 0.6 is 0 Å². The molecule has 0 aromatic carbocycles. The van der Waals surface area contributed by atoms with Crippen LogP contribution in [0, 0.1) is 6.92 Å². The summed E-state index contributed by atoms with van der Waals surface area (Å²) < 4.78 is 2.85. The average Bonchev–Trinajstić information content (AvgIpc) is 2.31. The fourth-order valence-corrected chi connectivity index (χ4v) is 1.05. The fourth-order valence-electron chi connectivity index (χ4n) is 1.05. The number of hydrogen-bond acceptors (Lipinski definition) is 3. The Bertz CT molecular complexity index is 482. The van der Waals surface area contributed by atoms with Gasteiger partial charge in [0, 0.05) is 7.05 Å². The van der Waals surface area contributed by atoms with E-state index in [1.807, 2.05) is 13.0 Å². The van der Waals surface area contributed by atoms with Crippen molar-refractivity contribution in [2.75, 3.05) is 0 Å². The van der Waals surface area contributed by atoms with Crippen LogP contribution in [-0.2, 0) is 7.05 Å². The lowest BCUT2D eigenvalue weighted by molar-refractivity contribution is 0.601. The van der Waals surface area contributed by atoms with Crippen molar-refractivity contribution in [3.05, 3.63) is 28.3 Å². The van der Waals surface area contributed by atoms with E-state index in [0.29, 0.717) is 5.65 Å². The number of fused-ring (bicyclic) bond motifs is 1. The van der Waals surface area contributed by atoms with Crippen molar-refractivity contribution in [3.8, 4) is 0 Å². The van der Waals surface area contributed by atoms with Crippen molar-refractivity contribution in [3.63, 3.8) is 0 Å². The molecule has 0 aliphatic heterocycles. The summed E-state index contributed by atoms with van der Waals surface area (Å²) in [6.07, 6.45) is 0. The molecule has 0 saturated heterocycles. The van der Waals surface area contributed by atoms with Gasteiger partial charge in [0.25, 0.3) is 0 Å². The molecule has 0 N–H and O–H groups in total. The van der Waals surface area contributed by atoms with Crippen LogP contribution in [0.3, 0.4) is 0 Å². The molecule has 0 aliphatic carbocycles. The summed E-state index contributed by atoms with van der Waals surface area (Å²) in [6, 6.07) is 3.59. The van der Waals surface area contributed by atoms with Crippen molar-refractivity contribution in [2.45, 2.75) is 6.92 Å². The minimum Gasteiger partial charge on any atom is -0.244 e. The van der Waals surface area contributed by atoms with E-state index in [0.717, 1.165) is 5.69 Å². The molecule has 2 aromatic rings. The second kappa shape index (κ2) is 2.17. The lowest BCUT2D eigenvalue weighted by atomic mass is 10.4. The summed E-state index contributed by atoms with van der Waals surface area (Å²) in [6.45, 7) is 1.86. The molecule has 12 heavy (non-hydrogen) atoms. The summed E-state index contributed by atoms with van der Waals surface area (Å²) >= 11 is 0. The van der Waals surface area contributed by atoms with E-state index in [2.05, 4.69) is 10.1 Å². The van der Waals surface area contributed by atoms with E-state index in [1.54, 1.807) is 13.1 Å². The van der Waals surface area contributed by atoms with Crippen molar-refractivity contribution in [1.29, 1.82) is 0 Å².